The molecule has 1 amide bonds. The first-order chi connectivity index (χ1) is 15.2. The van der Waals surface area contributed by atoms with Crippen molar-refractivity contribution in [2.45, 2.75) is 28.4 Å². The molecule has 0 radical (unpaired) electrons. The van der Waals surface area contributed by atoms with Gasteiger partial charge >= 0.3 is 0 Å². The number of benzene rings is 3. The van der Waals surface area contributed by atoms with Crippen LogP contribution in [0.5, 0.6) is 0 Å². The number of sulfonamides is 1. The monoisotopic (exact) mass is 528 g/mol. The first-order valence-corrected chi connectivity index (χ1v) is 13.0. The average Bonchev–Trinajstić information content (AvgIpc) is 2.76. The summed E-state index contributed by atoms with van der Waals surface area (Å²) in [5.41, 5.74) is 0.673. The molecule has 0 unspecified atom stereocenters. The molecule has 0 bridgehead atoms. The van der Waals surface area contributed by atoms with E-state index < -0.39 is 10.0 Å². The first-order valence-electron chi connectivity index (χ1n) is 9.49. The van der Waals surface area contributed by atoms with Gasteiger partial charge in [-0.15, -0.1) is 11.8 Å². The van der Waals surface area contributed by atoms with E-state index in [0.717, 1.165) is 4.90 Å². The maximum Gasteiger partial charge on any atom is 0.261 e. The predicted molar refractivity (Wildman–Crippen MR) is 134 cm³/mol. The van der Waals surface area contributed by atoms with Crippen LogP contribution >= 0.6 is 46.6 Å². The van der Waals surface area contributed by atoms with Crippen molar-refractivity contribution in [2.75, 3.05) is 10.0 Å². The van der Waals surface area contributed by atoms with Gasteiger partial charge in [0.2, 0.25) is 5.91 Å². The SMILES string of the molecule is CC[C@@H](Sc1ccc(Cl)cc1)C(=O)Nc1ccc(S(=O)(=O)Nc2cccc(Cl)c2Cl)cc1. The lowest BCUT2D eigenvalue weighted by molar-refractivity contribution is -0.115. The molecule has 1 atom stereocenters. The van der Waals surface area contributed by atoms with E-state index in [-0.39, 0.29) is 31.8 Å². The Kier molecular flexibility index (Phi) is 8.36. The number of rotatable bonds is 8. The number of halogens is 3. The van der Waals surface area contributed by atoms with Crippen LogP contribution in [0, 0.1) is 0 Å². The van der Waals surface area contributed by atoms with Gasteiger partial charge in [-0.25, -0.2) is 8.42 Å². The molecule has 0 saturated heterocycles. The zero-order valence-corrected chi connectivity index (χ0v) is 20.7. The molecule has 0 fully saturated rings. The minimum absolute atomic E-state index is 0.0223. The fourth-order valence-electron chi connectivity index (χ4n) is 2.73. The van der Waals surface area contributed by atoms with Crippen LogP contribution in [0.1, 0.15) is 13.3 Å². The molecule has 5 nitrogen and oxygen atoms in total. The van der Waals surface area contributed by atoms with Gasteiger partial charge in [0.1, 0.15) is 0 Å². The Hall–Kier alpha value is -1.90. The van der Waals surface area contributed by atoms with Gasteiger partial charge in [0.15, 0.2) is 0 Å². The van der Waals surface area contributed by atoms with E-state index in [9.17, 15) is 13.2 Å². The lowest BCUT2D eigenvalue weighted by Crippen LogP contribution is -2.24. The number of hydrogen-bond donors (Lipinski definition) is 2. The Morgan fingerprint density at radius 1 is 0.969 bits per heavy atom. The molecule has 3 aromatic rings. The molecule has 0 aromatic heterocycles. The summed E-state index contributed by atoms with van der Waals surface area (Å²) in [6.07, 6.45) is 0.621. The summed E-state index contributed by atoms with van der Waals surface area (Å²) in [6.45, 7) is 1.93. The van der Waals surface area contributed by atoms with Crippen molar-refractivity contribution >= 4 is 73.9 Å². The lowest BCUT2D eigenvalue weighted by atomic mass is 10.3. The van der Waals surface area contributed by atoms with Gasteiger partial charge in [-0.2, -0.15) is 0 Å². The number of hydrogen-bond acceptors (Lipinski definition) is 4. The van der Waals surface area contributed by atoms with E-state index >= 15 is 0 Å². The van der Waals surface area contributed by atoms with Crippen LogP contribution in [-0.4, -0.2) is 19.6 Å². The van der Waals surface area contributed by atoms with E-state index in [1.54, 1.807) is 24.3 Å². The van der Waals surface area contributed by atoms with Gasteiger partial charge in [0.25, 0.3) is 10.0 Å². The molecular formula is C22H19Cl3N2O3S2. The highest BCUT2D eigenvalue weighted by molar-refractivity contribution is 8.00. The normalized spacial score (nSPS) is 12.2. The third-order valence-corrected chi connectivity index (χ3v) is 8.21. The molecular weight excluding hydrogens is 511 g/mol. The zero-order valence-electron chi connectivity index (χ0n) is 16.8. The Morgan fingerprint density at radius 2 is 1.62 bits per heavy atom. The largest absolute Gasteiger partial charge is 0.325 e. The Balaban J connectivity index is 1.68. The molecule has 32 heavy (non-hydrogen) atoms. The number of amides is 1. The molecule has 0 aliphatic rings. The summed E-state index contributed by atoms with van der Waals surface area (Å²) in [5.74, 6) is -0.174. The summed E-state index contributed by atoms with van der Waals surface area (Å²) in [4.78, 5) is 13.6. The number of thioether (sulfide) groups is 1. The van der Waals surface area contributed by atoms with Crippen molar-refractivity contribution in [1.29, 1.82) is 0 Å². The van der Waals surface area contributed by atoms with Crippen molar-refractivity contribution in [3.05, 3.63) is 81.8 Å². The highest BCUT2D eigenvalue weighted by atomic mass is 35.5. The van der Waals surface area contributed by atoms with Gasteiger partial charge in [-0.3, -0.25) is 9.52 Å². The van der Waals surface area contributed by atoms with Gasteiger partial charge in [-0.05, 0) is 67.1 Å². The van der Waals surface area contributed by atoms with Crippen molar-refractivity contribution in [3.63, 3.8) is 0 Å². The Morgan fingerprint density at radius 3 is 2.25 bits per heavy atom. The fraction of sp³-hybridized carbons (Fsp3) is 0.136. The summed E-state index contributed by atoms with van der Waals surface area (Å²) in [5, 5.41) is 3.51. The lowest BCUT2D eigenvalue weighted by Gasteiger charge is -2.15. The maximum atomic E-state index is 12.7. The molecule has 0 aliphatic heterocycles. The van der Waals surface area contributed by atoms with E-state index in [1.807, 2.05) is 19.1 Å². The average molecular weight is 530 g/mol. The summed E-state index contributed by atoms with van der Waals surface area (Å²) < 4.78 is 27.8. The summed E-state index contributed by atoms with van der Waals surface area (Å²) in [7, 11) is -3.88. The second-order valence-corrected chi connectivity index (χ2v) is 10.9. The first kappa shape index (κ1) is 24.7. The number of carbonyl (C=O) groups excluding carboxylic acids is 1. The molecule has 3 rings (SSSR count). The standard InChI is InChI=1S/C22H19Cl3N2O3S2/c1-2-20(31-16-10-6-14(23)7-11-16)22(28)26-15-8-12-17(13-9-15)32(29,30)27-19-5-3-4-18(24)21(19)25/h3-13,20,27H,2H2,1H3,(H,26,28)/t20-/m1/s1. The fourth-order valence-corrected chi connectivity index (χ4v) is 5.28. The Bertz CT molecular complexity index is 1200. The number of carbonyl (C=O) groups is 1. The van der Waals surface area contributed by atoms with E-state index in [1.165, 1.54) is 42.1 Å². The van der Waals surface area contributed by atoms with Crippen molar-refractivity contribution in [2.24, 2.45) is 0 Å². The highest BCUT2D eigenvalue weighted by Gasteiger charge is 2.20. The molecule has 168 valence electrons. The molecule has 10 heteroatoms. The minimum atomic E-state index is -3.88. The number of anilines is 2. The van der Waals surface area contributed by atoms with Crippen LogP contribution in [0.4, 0.5) is 11.4 Å². The minimum Gasteiger partial charge on any atom is -0.325 e. The molecule has 0 aliphatic carbocycles. The molecule has 0 saturated carbocycles. The number of nitrogens with one attached hydrogen (secondary N) is 2. The van der Waals surface area contributed by atoms with Crippen LogP contribution in [0.25, 0.3) is 0 Å². The summed E-state index contributed by atoms with van der Waals surface area (Å²) in [6, 6.07) is 17.8. The van der Waals surface area contributed by atoms with Gasteiger partial charge in [0, 0.05) is 15.6 Å². The molecule has 0 heterocycles. The van der Waals surface area contributed by atoms with E-state index in [0.29, 0.717) is 17.1 Å². The van der Waals surface area contributed by atoms with Crippen LogP contribution in [0.3, 0.4) is 0 Å². The zero-order chi connectivity index (χ0) is 23.3. The van der Waals surface area contributed by atoms with Crippen molar-refractivity contribution in [1.82, 2.24) is 0 Å². The quantitative estimate of drug-likeness (QED) is 0.309. The second-order valence-electron chi connectivity index (χ2n) is 6.69. The van der Waals surface area contributed by atoms with Gasteiger partial charge < -0.3 is 5.32 Å². The van der Waals surface area contributed by atoms with Crippen LogP contribution < -0.4 is 10.0 Å². The third-order valence-electron chi connectivity index (χ3n) is 4.38. The molecule has 2 N–H and O–H groups in total. The molecule has 3 aromatic carbocycles. The van der Waals surface area contributed by atoms with Gasteiger partial charge in [0.05, 0.1) is 25.9 Å². The van der Waals surface area contributed by atoms with E-state index in [4.69, 9.17) is 34.8 Å². The third kappa shape index (κ3) is 6.33. The Labute approximate surface area is 206 Å². The van der Waals surface area contributed by atoms with Gasteiger partial charge in [-0.1, -0.05) is 47.8 Å². The van der Waals surface area contributed by atoms with E-state index in [2.05, 4.69) is 10.0 Å². The summed E-state index contributed by atoms with van der Waals surface area (Å²) >= 11 is 19.3. The highest BCUT2D eigenvalue weighted by Crippen LogP contribution is 2.31. The second kappa shape index (κ2) is 10.8. The van der Waals surface area contributed by atoms with Crippen molar-refractivity contribution < 1.29 is 13.2 Å². The van der Waals surface area contributed by atoms with Crippen molar-refractivity contribution in [3.8, 4) is 0 Å². The van der Waals surface area contributed by atoms with Crippen LogP contribution in [-0.2, 0) is 14.8 Å². The smallest absolute Gasteiger partial charge is 0.261 e. The predicted octanol–water partition coefficient (Wildman–Crippen LogP) is 6.96. The maximum absolute atomic E-state index is 12.7. The van der Waals surface area contributed by atoms with Crippen LogP contribution in [0.15, 0.2) is 76.5 Å². The molecule has 0 spiro atoms. The topological polar surface area (TPSA) is 75.3 Å². The van der Waals surface area contributed by atoms with Crippen LogP contribution in [0.2, 0.25) is 15.1 Å².